The molecule has 582 valence electrons. The van der Waals surface area contributed by atoms with E-state index < -0.39 is 152 Å². The van der Waals surface area contributed by atoms with Crippen LogP contribution in [0.4, 0.5) is 4.39 Å². The van der Waals surface area contributed by atoms with Gasteiger partial charge in [0.2, 0.25) is 65.5 Å². The maximum atomic E-state index is 15.9. The third kappa shape index (κ3) is 24.7. The Kier molecular flexibility index (Phi) is 32.2. The first-order valence-corrected chi connectivity index (χ1v) is 36.2. The van der Waals surface area contributed by atoms with Crippen molar-refractivity contribution in [2.24, 2.45) is 16.1 Å². The molecular weight excluding hydrogens is 1400 g/mol. The number of amides is 11. The predicted molar refractivity (Wildman–Crippen MR) is 392 cm³/mol. The van der Waals surface area contributed by atoms with E-state index in [-0.39, 0.29) is 77.9 Å². The number of aromatic amines is 1. The van der Waals surface area contributed by atoms with E-state index in [4.69, 9.17) is 24.7 Å². The van der Waals surface area contributed by atoms with E-state index in [1.54, 1.807) is 55.6 Å². The van der Waals surface area contributed by atoms with Crippen LogP contribution in [0.15, 0.2) is 120 Å². The Labute approximate surface area is 625 Å². The van der Waals surface area contributed by atoms with Crippen molar-refractivity contribution in [3.63, 3.8) is 0 Å². The number of aliphatic hydroxyl groups is 1. The molecule has 0 spiro atoms. The number of fused-ring (bicyclic) bond motifs is 5. The van der Waals surface area contributed by atoms with Gasteiger partial charge in [-0.05, 0) is 89.9 Å². The van der Waals surface area contributed by atoms with Gasteiger partial charge in [-0.3, -0.25) is 57.7 Å². The Balaban J connectivity index is 1.11. The molecule has 0 saturated carbocycles. The number of ether oxygens (including phenoxy) is 4. The van der Waals surface area contributed by atoms with Crippen LogP contribution >= 0.6 is 0 Å². The van der Waals surface area contributed by atoms with E-state index in [1.807, 2.05) is 31.2 Å². The number of aromatic nitrogens is 1. The minimum atomic E-state index is -1.78. The summed E-state index contributed by atoms with van der Waals surface area (Å²) in [7, 11) is 3.13. The van der Waals surface area contributed by atoms with Gasteiger partial charge in [0.25, 0.3) is 0 Å². The molecule has 8 rings (SSSR count). The third-order valence-corrected chi connectivity index (χ3v) is 18.6. The summed E-state index contributed by atoms with van der Waals surface area (Å²) in [6.07, 6.45) is 0.587. The number of unbranched alkanes of at least 4 members (excludes halogenated alkanes) is 2. The maximum Gasteiger partial charge on any atom is 0.246 e. The van der Waals surface area contributed by atoms with E-state index in [0.29, 0.717) is 71.2 Å². The van der Waals surface area contributed by atoms with E-state index in [1.165, 1.54) is 54.5 Å². The fourth-order valence-corrected chi connectivity index (χ4v) is 12.7. The Morgan fingerprint density at radius 2 is 1.63 bits per heavy atom. The highest BCUT2D eigenvalue weighted by atomic mass is 19.1. The first-order chi connectivity index (χ1) is 52.1. The zero-order valence-corrected chi connectivity index (χ0v) is 61.2. The SMILES string of the molecule is C=CN1Cc2cccc(c2)C[C@@H](NC(=O)[C@@H]2NC(=O)[C@@H](NC(=O)CCC(=O)NCc3ccc(CCNC=O)cc3)CNC(=O)CCOC2COCCN)C(=O)N[C@H](Cc2c[nH]c3ccc(F)cc23)C(=O)N2CC[C@@H](OC/N=N\1)[C@H]2C(=O)N[C@H](C(=O)N[C@@H](Cc1ccc(OC)cc1)C(=O)N(C)CCCCC)[C@H](C)O. The number of rotatable bonds is 32. The Morgan fingerprint density at radius 3 is 2.36 bits per heavy atom. The average Bonchev–Trinajstić information content (AvgIpc) is 1.62. The van der Waals surface area contributed by atoms with E-state index in [9.17, 15) is 38.7 Å². The van der Waals surface area contributed by atoms with Gasteiger partial charge in [0, 0.05) is 108 Å². The number of aliphatic hydroxyl groups excluding tert-OH is 1. The molecule has 0 radical (unpaired) electrons. The number of hydrogen-bond acceptors (Lipinski definition) is 20. The molecule has 32 nitrogen and oxygen atoms in total. The standard InChI is InChI=1S/C75H99FN16O16/c1-6-8-9-30-90(4)74(103)58(35-48-17-20-54(105-5)21-18-48)86-71(100)66(46(3)94)87-73(102)68-61-26-31-92(68)75(104)59(37-52-40-79-56-22-19-53(76)38-55(52)56)85-69(98)57(36-50-11-10-12-51(34-50)42-91(7-2)89-82-45-108-61)84-72(101)67-62(43-106-33-28-77)107-32-27-64(96)81-41-60(70(99)88-67)83-65(97)24-23-63(95)80-39-49-15-13-47(14-16-49)25-29-78-44-93/h7,10-22,34,38,40,44,46,57-62,66-68,79,94H,2,6,8-9,23-33,35-37,39,41-43,45,77H2,1,3-5H3,(H,78,93)(H,80,95)(H,81,96)(H,83,97)(H,84,101)(H,85,98)(H,86,100)(H,87,102)(H,88,99)/b89-82-/t46-,57+,58-,59+,60-,61+,62?,66-,67+,68-/m0/s1. The zero-order valence-electron chi connectivity index (χ0n) is 61.2. The van der Waals surface area contributed by atoms with Crippen LogP contribution in [-0.4, -0.2) is 224 Å². The van der Waals surface area contributed by atoms with Crippen LogP contribution in [0.2, 0.25) is 0 Å². The maximum absolute atomic E-state index is 15.9. The summed E-state index contributed by atoms with van der Waals surface area (Å²) in [5.74, 6) is -8.24. The normalized spacial score (nSPS) is 20.6. The molecule has 0 aliphatic carbocycles. The molecule has 13 N–H and O–H groups in total. The number of hydrogen-bond donors (Lipinski definition) is 12. The summed E-state index contributed by atoms with van der Waals surface area (Å²) in [6, 6.07) is 13.8. The number of nitrogens with zero attached hydrogens (tertiary/aromatic N) is 5. The monoisotopic (exact) mass is 1500 g/mol. The summed E-state index contributed by atoms with van der Waals surface area (Å²) in [4.78, 5) is 162. The van der Waals surface area contributed by atoms with E-state index in [0.717, 1.165) is 28.9 Å². The molecular formula is C75H99FN16O16. The van der Waals surface area contributed by atoms with Gasteiger partial charge >= 0.3 is 0 Å². The number of nitrogens with two attached hydrogens (primary N) is 1. The summed E-state index contributed by atoms with van der Waals surface area (Å²) < 4.78 is 38.8. The molecule has 3 aliphatic rings. The van der Waals surface area contributed by atoms with Crippen LogP contribution in [0.25, 0.3) is 10.9 Å². The van der Waals surface area contributed by atoms with E-state index >= 15 is 23.6 Å². The Morgan fingerprint density at radius 1 is 0.889 bits per heavy atom. The molecule has 1 unspecified atom stereocenters. The molecule has 3 aliphatic heterocycles. The fourth-order valence-electron chi connectivity index (χ4n) is 12.7. The lowest BCUT2D eigenvalue weighted by atomic mass is 9.99. The average molecular weight is 1500 g/mol. The predicted octanol–water partition coefficient (Wildman–Crippen LogP) is 0.817. The number of methoxy groups -OCH3 is 1. The van der Waals surface area contributed by atoms with Gasteiger partial charge in [-0.15, -0.1) is 5.11 Å². The van der Waals surface area contributed by atoms with Gasteiger partial charge in [-0.1, -0.05) is 92.2 Å². The van der Waals surface area contributed by atoms with Gasteiger partial charge in [0.1, 0.15) is 60.0 Å². The van der Waals surface area contributed by atoms with Crippen molar-refractivity contribution < 1.29 is 81.2 Å². The Hall–Kier alpha value is -10.7. The number of carbonyl (C=O) groups excluding carboxylic acids is 11. The summed E-state index contributed by atoms with van der Waals surface area (Å²) in [5.41, 5.74) is 10.0. The highest BCUT2D eigenvalue weighted by Gasteiger charge is 2.47. The number of likely N-dealkylation sites (N-methyl/N-ethyl adjacent to an activating group) is 1. The molecule has 4 heterocycles. The van der Waals surface area contributed by atoms with Crippen molar-refractivity contribution in [1.29, 1.82) is 0 Å². The van der Waals surface area contributed by atoms with Crippen LogP contribution in [-0.2, 0) is 106 Å². The largest absolute Gasteiger partial charge is 0.497 e. The second-order valence-corrected chi connectivity index (χ2v) is 26.6. The van der Waals surface area contributed by atoms with Crippen molar-refractivity contribution in [2.45, 2.75) is 158 Å². The molecule has 10 atom stereocenters. The second-order valence-electron chi connectivity index (χ2n) is 26.6. The summed E-state index contributed by atoms with van der Waals surface area (Å²) >= 11 is 0. The minimum absolute atomic E-state index is 0.00682. The number of H-pyrrole nitrogens is 1. The topological polar surface area (TPSA) is 429 Å². The van der Waals surface area contributed by atoms with Crippen LogP contribution in [0.1, 0.15) is 92.2 Å². The second kappa shape index (κ2) is 42.0. The highest BCUT2D eigenvalue weighted by molar-refractivity contribution is 5.99. The van der Waals surface area contributed by atoms with Crippen LogP contribution in [0.5, 0.6) is 5.75 Å². The lowest BCUT2D eigenvalue weighted by Crippen LogP contribution is -2.64. The van der Waals surface area contributed by atoms with Gasteiger partial charge in [0.05, 0.1) is 45.7 Å². The van der Waals surface area contributed by atoms with Crippen LogP contribution < -0.4 is 58.3 Å². The van der Waals surface area contributed by atoms with Crippen molar-refractivity contribution in [3.05, 3.63) is 149 Å². The molecule has 2 saturated heterocycles. The van der Waals surface area contributed by atoms with Gasteiger partial charge in [0.15, 0.2) is 6.73 Å². The first-order valence-electron chi connectivity index (χ1n) is 36.2. The molecule has 4 aromatic carbocycles. The third-order valence-electron chi connectivity index (χ3n) is 18.6. The lowest BCUT2D eigenvalue weighted by Gasteiger charge is -2.33. The quantitative estimate of drug-likeness (QED) is 0.0209. The van der Waals surface area contributed by atoms with E-state index in [2.05, 4.69) is 69.8 Å². The van der Waals surface area contributed by atoms with Crippen molar-refractivity contribution >= 4 is 76.4 Å². The lowest BCUT2D eigenvalue weighted by molar-refractivity contribution is -0.146. The molecule has 4 bridgehead atoms. The Bertz CT molecular complexity index is 3940. The van der Waals surface area contributed by atoms with Gasteiger partial charge < -0.3 is 92.4 Å². The molecule has 108 heavy (non-hydrogen) atoms. The minimum Gasteiger partial charge on any atom is -0.497 e. The molecule has 11 amide bonds. The summed E-state index contributed by atoms with van der Waals surface area (Å²) in [6.45, 7) is 6.26. The number of carbonyl (C=O) groups is 11. The van der Waals surface area contributed by atoms with Crippen LogP contribution in [0.3, 0.4) is 0 Å². The van der Waals surface area contributed by atoms with Crippen molar-refractivity contribution in [2.75, 3.05) is 73.4 Å². The molecule has 33 heteroatoms. The number of benzene rings is 4. The summed E-state index contributed by atoms with van der Waals surface area (Å²) in [5, 5.41) is 45.9. The first kappa shape index (κ1) is 82.9. The van der Waals surface area contributed by atoms with Gasteiger partial charge in [-0.25, -0.2) is 4.39 Å². The van der Waals surface area contributed by atoms with Crippen molar-refractivity contribution in [3.8, 4) is 5.75 Å². The van der Waals surface area contributed by atoms with Gasteiger partial charge in [-0.2, -0.15) is 0 Å². The van der Waals surface area contributed by atoms with Crippen LogP contribution in [0, 0.1) is 5.82 Å². The fraction of sp³-hybridized carbons (Fsp3) is 0.480. The molecule has 1 aromatic heterocycles. The molecule has 5 aromatic rings. The number of nitrogens with one attached hydrogen (secondary N) is 10. The smallest absolute Gasteiger partial charge is 0.246 e. The zero-order chi connectivity index (χ0) is 77.7. The van der Waals surface area contributed by atoms with Crippen molar-refractivity contribution in [1.82, 2.24) is 67.6 Å². The molecule has 2 fully saturated rings. The highest BCUT2D eigenvalue weighted by Crippen LogP contribution is 2.27. The number of halogens is 1.